The quantitative estimate of drug-likeness (QED) is 0.179. The van der Waals surface area contributed by atoms with E-state index in [0.717, 1.165) is 51.4 Å². The molecule has 3 nitrogen and oxygen atoms in total. The van der Waals surface area contributed by atoms with Gasteiger partial charge in [-0.2, -0.15) is 0 Å². The number of hydrogen-bond donors (Lipinski definition) is 1. The molecule has 0 heterocycles. The minimum Gasteiger partial charge on any atom is -0.479 e. The van der Waals surface area contributed by atoms with Gasteiger partial charge in [-0.05, 0) is 57.8 Å². The summed E-state index contributed by atoms with van der Waals surface area (Å²) in [5.74, 6) is -0.856. The molecule has 1 atom stereocenters. The van der Waals surface area contributed by atoms with Crippen molar-refractivity contribution in [2.45, 2.75) is 90.6 Å². The first-order chi connectivity index (χ1) is 14.2. The van der Waals surface area contributed by atoms with Crippen LogP contribution in [0.1, 0.15) is 84.5 Å². The number of ether oxygens (including phenoxy) is 1. The molecule has 0 aromatic heterocycles. The Morgan fingerprint density at radius 3 is 1.69 bits per heavy atom. The van der Waals surface area contributed by atoms with Gasteiger partial charge in [-0.1, -0.05) is 87.4 Å². The lowest BCUT2D eigenvalue weighted by molar-refractivity contribution is -0.150. The Balaban J connectivity index is 3.46. The van der Waals surface area contributed by atoms with Crippen molar-refractivity contribution in [2.24, 2.45) is 0 Å². The molecule has 164 valence electrons. The third kappa shape index (κ3) is 20.7. The van der Waals surface area contributed by atoms with E-state index in [1.54, 1.807) is 0 Å². The monoisotopic (exact) mass is 402 g/mol. The molecule has 0 radical (unpaired) electrons. The fraction of sp³-hybridized carbons (Fsp3) is 0.577. The SMILES string of the molecule is CC/C=C\C/C=C\C/C=C\C/C=C\C/C=C\CCCCCCOC(CC)C(=O)O. The summed E-state index contributed by atoms with van der Waals surface area (Å²) < 4.78 is 5.36. The van der Waals surface area contributed by atoms with E-state index in [2.05, 4.69) is 67.7 Å². The lowest BCUT2D eigenvalue weighted by Crippen LogP contribution is -2.23. The highest BCUT2D eigenvalue weighted by Crippen LogP contribution is 2.06. The maximum absolute atomic E-state index is 10.8. The smallest absolute Gasteiger partial charge is 0.332 e. The fourth-order valence-electron chi connectivity index (χ4n) is 2.68. The van der Waals surface area contributed by atoms with Crippen molar-refractivity contribution in [3.8, 4) is 0 Å². The van der Waals surface area contributed by atoms with Crippen LogP contribution in [0.4, 0.5) is 0 Å². The van der Waals surface area contributed by atoms with E-state index in [-0.39, 0.29) is 0 Å². The van der Waals surface area contributed by atoms with Gasteiger partial charge in [0.25, 0.3) is 0 Å². The Hall–Kier alpha value is -1.87. The highest BCUT2D eigenvalue weighted by atomic mass is 16.5. The van der Waals surface area contributed by atoms with Crippen molar-refractivity contribution in [1.29, 1.82) is 0 Å². The summed E-state index contributed by atoms with van der Waals surface area (Å²) in [5, 5.41) is 8.89. The normalized spacial score (nSPS) is 13.7. The van der Waals surface area contributed by atoms with Crippen LogP contribution in [-0.4, -0.2) is 23.8 Å². The number of carbonyl (C=O) groups is 1. The van der Waals surface area contributed by atoms with Crippen LogP contribution < -0.4 is 0 Å². The molecule has 0 aliphatic carbocycles. The maximum atomic E-state index is 10.8. The summed E-state index contributed by atoms with van der Waals surface area (Å²) in [6.45, 7) is 4.54. The average molecular weight is 403 g/mol. The summed E-state index contributed by atoms with van der Waals surface area (Å²) in [6, 6.07) is 0. The van der Waals surface area contributed by atoms with E-state index in [4.69, 9.17) is 9.84 Å². The van der Waals surface area contributed by atoms with Gasteiger partial charge in [0.05, 0.1) is 0 Å². The summed E-state index contributed by atoms with van der Waals surface area (Å²) in [4.78, 5) is 10.8. The molecule has 0 aliphatic rings. The molecule has 29 heavy (non-hydrogen) atoms. The Bertz CT molecular complexity index is 512. The summed E-state index contributed by atoms with van der Waals surface area (Å²) in [6.07, 6.45) is 32.7. The van der Waals surface area contributed by atoms with Gasteiger partial charge in [-0.25, -0.2) is 4.79 Å². The van der Waals surface area contributed by atoms with Gasteiger partial charge in [0.1, 0.15) is 0 Å². The van der Waals surface area contributed by atoms with E-state index in [0.29, 0.717) is 13.0 Å². The molecule has 0 rings (SSSR count). The van der Waals surface area contributed by atoms with E-state index in [1.165, 1.54) is 12.8 Å². The number of hydrogen-bond acceptors (Lipinski definition) is 2. The van der Waals surface area contributed by atoms with Crippen molar-refractivity contribution in [2.75, 3.05) is 6.61 Å². The highest BCUT2D eigenvalue weighted by molar-refractivity contribution is 5.72. The molecule has 0 aromatic carbocycles. The van der Waals surface area contributed by atoms with Crippen LogP contribution in [0.15, 0.2) is 60.8 Å². The lowest BCUT2D eigenvalue weighted by atomic mass is 10.1. The minimum absolute atomic E-state index is 0.527. The molecule has 0 saturated carbocycles. The van der Waals surface area contributed by atoms with Crippen LogP contribution in [0.5, 0.6) is 0 Å². The fourth-order valence-corrected chi connectivity index (χ4v) is 2.68. The van der Waals surface area contributed by atoms with Crippen molar-refractivity contribution >= 4 is 5.97 Å². The summed E-state index contributed by atoms with van der Waals surface area (Å²) in [7, 11) is 0. The number of carboxylic acid groups (broad SMARTS) is 1. The molecule has 0 bridgehead atoms. The Morgan fingerprint density at radius 2 is 1.21 bits per heavy atom. The van der Waals surface area contributed by atoms with Gasteiger partial charge in [0.2, 0.25) is 0 Å². The van der Waals surface area contributed by atoms with Gasteiger partial charge in [0, 0.05) is 6.61 Å². The molecular weight excluding hydrogens is 360 g/mol. The van der Waals surface area contributed by atoms with E-state index >= 15 is 0 Å². The Morgan fingerprint density at radius 1 is 0.724 bits per heavy atom. The molecule has 0 saturated heterocycles. The second-order valence-corrected chi connectivity index (χ2v) is 7.02. The van der Waals surface area contributed by atoms with E-state index in [1.807, 2.05) is 6.92 Å². The molecule has 0 amide bonds. The van der Waals surface area contributed by atoms with Crippen molar-refractivity contribution in [3.05, 3.63) is 60.8 Å². The van der Waals surface area contributed by atoms with Gasteiger partial charge in [0.15, 0.2) is 6.10 Å². The second-order valence-electron chi connectivity index (χ2n) is 7.02. The largest absolute Gasteiger partial charge is 0.479 e. The third-order valence-corrected chi connectivity index (χ3v) is 4.39. The zero-order valence-electron chi connectivity index (χ0n) is 18.6. The maximum Gasteiger partial charge on any atom is 0.332 e. The minimum atomic E-state index is -0.856. The Labute approximate surface area is 178 Å². The van der Waals surface area contributed by atoms with Gasteiger partial charge >= 0.3 is 5.97 Å². The number of aliphatic carboxylic acids is 1. The van der Waals surface area contributed by atoms with Crippen LogP contribution in [-0.2, 0) is 9.53 Å². The van der Waals surface area contributed by atoms with Crippen molar-refractivity contribution in [1.82, 2.24) is 0 Å². The Kier molecular flexibility index (Phi) is 21.0. The molecule has 1 N–H and O–H groups in total. The standard InChI is InChI=1S/C26H42O3/c1-3-5-6-7-8-9-10-11-12-13-14-15-16-17-18-19-20-21-22-23-24-29-25(4-2)26(27)28/h5-6,8-9,11-12,14-15,17-18,25H,3-4,7,10,13,16,19-24H2,1-2H3,(H,27,28)/b6-5-,9-8-,12-11-,15-14-,18-17-. The summed E-state index contributed by atoms with van der Waals surface area (Å²) in [5.41, 5.74) is 0. The van der Waals surface area contributed by atoms with Crippen LogP contribution >= 0.6 is 0 Å². The first-order valence-electron chi connectivity index (χ1n) is 11.3. The first-order valence-corrected chi connectivity index (χ1v) is 11.3. The van der Waals surface area contributed by atoms with Gasteiger partial charge in [-0.15, -0.1) is 0 Å². The predicted octanol–water partition coefficient (Wildman–Crippen LogP) is 7.57. The molecule has 0 aliphatic heterocycles. The summed E-state index contributed by atoms with van der Waals surface area (Å²) >= 11 is 0. The molecule has 0 spiro atoms. The van der Waals surface area contributed by atoms with Crippen LogP contribution in [0, 0.1) is 0 Å². The van der Waals surface area contributed by atoms with Gasteiger partial charge < -0.3 is 9.84 Å². The van der Waals surface area contributed by atoms with Crippen molar-refractivity contribution in [3.63, 3.8) is 0 Å². The third-order valence-electron chi connectivity index (χ3n) is 4.39. The van der Waals surface area contributed by atoms with Crippen LogP contribution in [0.25, 0.3) is 0 Å². The highest BCUT2D eigenvalue weighted by Gasteiger charge is 2.14. The number of carboxylic acids is 1. The molecule has 0 fully saturated rings. The molecular formula is C26H42O3. The van der Waals surface area contributed by atoms with Gasteiger partial charge in [-0.3, -0.25) is 0 Å². The number of unbranched alkanes of at least 4 members (excludes halogenated alkanes) is 4. The van der Waals surface area contributed by atoms with Crippen LogP contribution in [0.2, 0.25) is 0 Å². The van der Waals surface area contributed by atoms with Crippen LogP contribution in [0.3, 0.4) is 0 Å². The zero-order valence-corrected chi connectivity index (χ0v) is 18.6. The van der Waals surface area contributed by atoms with Crippen molar-refractivity contribution < 1.29 is 14.6 Å². The first kappa shape index (κ1) is 27.1. The topological polar surface area (TPSA) is 46.5 Å². The van der Waals surface area contributed by atoms with E-state index < -0.39 is 12.1 Å². The molecule has 0 aromatic rings. The number of allylic oxidation sites excluding steroid dienone is 10. The molecule has 1 unspecified atom stereocenters. The average Bonchev–Trinajstić information content (AvgIpc) is 2.71. The second kappa shape index (κ2) is 22.4. The predicted molar refractivity (Wildman–Crippen MR) is 125 cm³/mol. The zero-order chi connectivity index (χ0) is 21.4. The molecule has 3 heteroatoms. The lowest BCUT2D eigenvalue weighted by Gasteiger charge is -2.10. The number of rotatable bonds is 19. The van der Waals surface area contributed by atoms with E-state index in [9.17, 15) is 4.79 Å².